The largest absolute Gasteiger partial charge is 0.345 e. The first-order valence-corrected chi connectivity index (χ1v) is 18.8. The number of carbonyl (C=O) groups excluding carboxylic acids is 4. The molecule has 0 unspecified atom stereocenters. The third kappa shape index (κ3) is 11.0. The minimum atomic E-state index is -0.906. The van der Waals surface area contributed by atoms with Gasteiger partial charge in [-0.15, -0.1) is 0 Å². The van der Waals surface area contributed by atoms with Crippen LogP contribution >= 0.6 is 0 Å². The van der Waals surface area contributed by atoms with E-state index in [2.05, 4.69) is 16.0 Å². The van der Waals surface area contributed by atoms with Crippen LogP contribution in [0.2, 0.25) is 0 Å². The molecule has 280 valence electrons. The van der Waals surface area contributed by atoms with E-state index < -0.39 is 41.6 Å². The van der Waals surface area contributed by atoms with Crippen molar-refractivity contribution in [3.63, 3.8) is 0 Å². The van der Waals surface area contributed by atoms with Gasteiger partial charge in [0.15, 0.2) is 5.78 Å². The fourth-order valence-electron chi connectivity index (χ4n) is 7.27. The van der Waals surface area contributed by atoms with Gasteiger partial charge in [0.05, 0.1) is 12.1 Å². The number of hydrogen-bond donors (Lipinski definition) is 4. The highest BCUT2D eigenvalue weighted by Crippen LogP contribution is 2.31. The third-order valence-electron chi connectivity index (χ3n) is 10.3. The predicted octanol–water partition coefficient (Wildman–Crippen LogP) is 6.84. The first-order valence-electron chi connectivity index (χ1n) is 18.8. The smallest absolute Gasteiger partial charge is 0.243 e. The van der Waals surface area contributed by atoms with Crippen molar-refractivity contribution < 1.29 is 28.0 Å². The number of benzene rings is 4. The van der Waals surface area contributed by atoms with Gasteiger partial charge in [-0.25, -0.2) is 8.78 Å². The summed E-state index contributed by atoms with van der Waals surface area (Å²) in [5.41, 5.74) is 7.85. The average molecular weight is 725 g/mol. The number of hydrogen-bond acceptors (Lipinski definition) is 5. The van der Waals surface area contributed by atoms with Crippen LogP contribution in [-0.4, -0.2) is 42.1 Å². The predicted molar refractivity (Wildman–Crippen MR) is 203 cm³/mol. The van der Waals surface area contributed by atoms with E-state index in [-0.39, 0.29) is 42.8 Å². The van der Waals surface area contributed by atoms with Gasteiger partial charge < -0.3 is 21.7 Å². The molecule has 53 heavy (non-hydrogen) atoms. The summed E-state index contributed by atoms with van der Waals surface area (Å²) in [5.74, 6) is -3.06. The highest BCUT2D eigenvalue weighted by molar-refractivity contribution is 5.95. The van der Waals surface area contributed by atoms with Crippen LogP contribution < -0.4 is 21.7 Å². The van der Waals surface area contributed by atoms with Gasteiger partial charge in [-0.1, -0.05) is 92.9 Å². The Morgan fingerprint density at radius 1 is 0.755 bits per heavy atom. The van der Waals surface area contributed by atoms with Crippen molar-refractivity contribution in [2.75, 3.05) is 6.54 Å². The topological polar surface area (TPSA) is 130 Å². The lowest BCUT2D eigenvalue weighted by Crippen LogP contribution is -2.54. The van der Waals surface area contributed by atoms with Crippen molar-refractivity contribution in [2.24, 2.45) is 17.6 Å². The van der Waals surface area contributed by atoms with Crippen LogP contribution in [-0.2, 0) is 25.6 Å². The van der Waals surface area contributed by atoms with Gasteiger partial charge in [0.25, 0.3) is 0 Å². The maximum atomic E-state index is 14.3. The van der Waals surface area contributed by atoms with Gasteiger partial charge in [0.1, 0.15) is 17.7 Å². The number of amides is 3. The fraction of sp³-hybridized carbons (Fsp3) is 0.395. The van der Waals surface area contributed by atoms with E-state index in [0.29, 0.717) is 36.9 Å². The zero-order chi connectivity index (χ0) is 37.7. The van der Waals surface area contributed by atoms with Crippen LogP contribution in [0, 0.1) is 23.5 Å². The zero-order valence-electron chi connectivity index (χ0n) is 30.3. The Balaban J connectivity index is 1.37. The van der Waals surface area contributed by atoms with E-state index in [9.17, 15) is 28.0 Å². The molecule has 0 spiro atoms. The highest BCUT2D eigenvalue weighted by Gasteiger charge is 2.36. The molecule has 5 rings (SSSR count). The van der Waals surface area contributed by atoms with Gasteiger partial charge in [-0.05, 0) is 89.9 Å². The van der Waals surface area contributed by atoms with E-state index in [4.69, 9.17) is 5.73 Å². The quantitative estimate of drug-likeness (QED) is 0.0836. The molecule has 0 radical (unpaired) electrons. The van der Waals surface area contributed by atoms with Gasteiger partial charge in [-0.3, -0.25) is 19.2 Å². The maximum Gasteiger partial charge on any atom is 0.243 e. The Morgan fingerprint density at radius 2 is 1.38 bits per heavy atom. The number of nitrogens with two attached hydrogens (primary N) is 1. The van der Waals surface area contributed by atoms with Crippen molar-refractivity contribution in [2.45, 2.75) is 89.3 Å². The molecule has 0 aromatic heterocycles. The molecule has 0 aliphatic heterocycles. The van der Waals surface area contributed by atoms with Gasteiger partial charge in [0, 0.05) is 25.2 Å². The number of nitrogens with one attached hydrogen (secondary N) is 3. The first-order chi connectivity index (χ1) is 25.6. The van der Waals surface area contributed by atoms with E-state index in [1.54, 1.807) is 31.2 Å². The molecule has 1 aliphatic carbocycles. The summed E-state index contributed by atoms with van der Waals surface area (Å²) in [7, 11) is 0. The van der Waals surface area contributed by atoms with Crippen molar-refractivity contribution in [3.05, 3.63) is 119 Å². The molecule has 0 heterocycles. The molecule has 8 nitrogen and oxygen atoms in total. The normalized spacial score (nSPS) is 14.8. The molecule has 4 aromatic carbocycles. The summed E-state index contributed by atoms with van der Waals surface area (Å²) in [5, 5.41) is 11.0. The lowest BCUT2D eigenvalue weighted by Gasteiger charge is -2.29. The van der Waals surface area contributed by atoms with E-state index in [1.807, 2.05) is 42.5 Å². The third-order valence-corrected chi connectivity index (χ3v) is 10.3. The number of fused-ring (bicyclic) bond motifs is 1. The number of Topliss-reactive ketones (excluding diaryl/α,β-unsaturated/α-hetero) is 1. The second-order valence-electron chi connectivity index (χ2n) is 14.1. The lowest BCUT2D eigenvalue weighted by molar-refractivity contribution is -0.134. The van der Waals surface area contributed by atoms with Gasteiger partial charge in [-0.2, -0.15) is 0 Å². The van der Waals surface area contributed by atoms with Crippen molar-refractivity contribution >= 4 is 34.3 Å². The molecular weight excluding hydrogens is 674 g/mol. The van der Waals surface area contributed by atoms with Crippen LogP contribution in [0.4, 0.5) is 8.78 Å². The molecule has 10 heteroatoms. The summed E-state index contributed by atoms with van der Waals surface area (Å²) >= 11 is 0. The zero-order valence-corrected chi connectivity index (χ0v) is 30.3. The lowest BCUT2D eigenvalue weighted by atomic mass is 9.86. The molecule has 1 fully saturated rings. The highest BCUT2D eigenvalue weighted by atomic mass is 19.1. The monoisotopic (exact) mass is 724 g/mol. The SMILES string of the molecule is CCC(=O)N[C@@H](Cc1ccc2ccccc2c1)C(=O)N[C@H](C(=O)C[C@@H](CCCCN)C(=O)NC(c1ccc(F)cc1)c1ccc(F)cc1)C1CCCC1. The van der Waals surface area contributed by atoms with E-state index in [0.717, 1.165) is 42.0 Å². The van der Waals surface area contributed by atoms with Gasteiger partial charge in [0.2, 0.25) is 17.7 Å². The molecule has 1 saturated carbocycles. The van der Waals surface area contributed by atoms with Crippen molar-refractivity contribution in [1.29, 1.82) is 0 Å². The summed E-state index contributed by atoms with van der Waals surface area (Å²) in [6.45, 7) is 2.15. The van der Waals surface area contributed by atoms with Crippen LogP contribution in [0.3, 0.4) is 0 Å². The Kier molecular flexibility index (Phi) is 14.2. The van der Waals surface area contributed by atoms with Gasteiger partial charge >= 0.3 is 0 Å². The summed E-state index contributed by atoms with van der Waals surface area (Å²) in [6.07, 6.45) is 5.34. The second-order valence-corrected chi connectivity index (χ2v) is 14.1. The fourth-order valence-corrected chi connectivity index (χ4v) is 7.27. The molecular formula is C43H50F2N4O4. The van der Waals surface area contributed by atoms with Crippen LogP contribution in [0.5, 0.6) is 0 Å². The van der Waals surface area contributed by atoms with Crippen LogP contribution in [0.25, 0.3) is 10.8 Å². The summed E-state index contributed by atoms with van der Waals surface area (Å²) in [6, 6.07) is 22.8. The van der Waals surface area contributed by atoms with E-state index in [1.165, 1.54) is 24.3 Å². The Morgan fingerprint density at radius 3 is 1.98 bits per heavy atom. The molecule has 1 aliphatic rings. The molecule has 3 amide bonds. The number of ketones is 1. The van der Waals surface area contributed by atoms with Crippen LogP contribution in [0.1, 0.15) is 87.4 Å². The number of unbranched alkanes of at least 4 members (excludes halogenated alkanes) is 1. The second kappa shape index (κ2) is 19.2. The summed E-state index contributed by atoms with van der Waals surface area (Å²) < 4.78 is 27.7. The standard InChI is InChI=1S/C43H50F2N4O4/c1-2-39(51)47-37(26-28-14-15-29-9-3-6-12-33(29)25-28)43(53)49-41(30-10-4-5-11-30)38(50)27-34(13-7-8-24-46)42(52)48-40(31-16-20-35(44)21-17-31)32-18-22-36(45)23-19-32/h3,6,9,12,14-23,25,30,34,37,40-41H,2,4-5,7-8,10-11,13,24,26-27,46H2,1H3,(H,47,51)(H,48,52)(H,49,53)/t34-,37+,41+/m1/s1. The Labute approximate surface area is 310 Å². The van der Waals surface area contributed by atoms with Crippen molar-refractivity contribution in [3.8, 4) is 0 Å². The minimum Gasteiger partial charge on any atom is -0.345 e. The maximum absolute atomic E-state index is 14.3. The summed E-state index contributed by atoms with van der Waals surface area (Å²) in [4.78, 5) is 55.1. The molecule has 0 bridgehead atoms. The molecule has 3 atom stereocenters. The number of halogens is 2. The number of rotatable bonds is 18. The average Bonchev–Trinajstić information content (AvgIpc) is 3.71. The molecule has 5 N–H and O–H groups in total. The Bertz CT molecular complexity index is 1800. The van der Waals surface area contributed by atoms with Crippen molar-refractivity contribution in [1.82, 2.24) is 16.0 Å². The number of carbonyl (C=O) groups is 4. The van der Waals surface area contributed by atoms with Crippen LogP contribution in [0.15, 0.2) is 91.0 Å². The Hall–Kier alpha value is -4.96. The molecule has 0 saturated heterocycles. The van der Waals surface area contributed by atoms with E-state index >= 15 is 0 Å². The molecule has 4 aromatic rings. The first kappa shape index (κ1) is 39.3. The minimum absolute atomic E-state index is 0.103.